The summed E-state index contributed by atoms with van der Waals surface area (Å²) in [6, 6.07) is 15.6. The monoisotopic (exact) mass is 327 g/mol. The Morgan fingerprint density at radius 2 is 1.96 bits per heavy atom. The third kappa shape index (κ3) is 3.84. The van der Waals surface area contributed by atoms with Gasteiger partial charge in [-0.3, -0.25) is 4.21 Å². The SMILES string of the molecule is Cc1nc(-c2cccc(NCc3ccc([S@@](C)=O)cc3)c2)no1. The summed E-state index contributed by atoms with van der Waals surface area (Å²) < 4.78 is 16.4. The highest BCUT2D eigenvalue weighted by molar-refractivity contribution is 7.84. The third-order valence-electron chi connectivity index (χ3n) is 3.40. The number of nitrogens with zero attached hydrogens (tertiary/aromatic N) is 2. The van der Waals surface area contributed by atoms with Crippen molar-refractivity contribution in [1.29, 1.82) is 0 Å². The van der Waals surface area contributed by atoms with E-state index < -0.39 is 10.8 Å². The zero-order valence-electron chi connectivity index (χ0n) is 12.9. The predicted octanol–water partition coefficient (Wildman–Crippen LogP) is 3.39. The van der Waals surface area contributed by atoms with Crippen molar-refractivity contribution >= 4 is 16.5 Å². The standard InChI is InChI=1S/C17H17N3O2S/c1-12-19-17(20-22-12)14-4-3-5-15(10-14)18-11-13-6-8-16(9-7-13)23(2)21/h3-10,18H,11H2,1-2H3/t23-/m1/s1. The molecule has 0 fully saturated rings. The van der Waals surface area contributed by atoms with E-state index in [0.29, 0.717) is 18.3 Å². The molecule has 23 heavy (non-hydrogen) atoms. The molecule has 0 aliphatic rings. The molecule has 1 N–H and O–H groups in total. The molecule has 0 bridgehead atoms. The molecule has 3 rings (SSSR count). The van der Waals surface area contributed by atoms with Crippen LogP contribution in [0.15, 0.2) is 57.9 Å². The minimum absolute atomic E-state index is 0.548. The summed E-state index contributed by atoms with van der Waals surface area (Å²) in [4.78, 5) is 5.07. The number of hydrogen-bond donors (Lipinski definition) is 1. The van der Waals surface area contributed by atoms with Crippen LogP contribution in [0.25, 0.3) is 11.4 Å². The van der Waals surface area contributed by atoms with Gasteiger partial charge in [0, 0.05) is 46.7 Å². The highest BCUT2D eigenvalue weighted by Gasteiger charge is 2.06. The molecule has 118 valence electrons. The van der Waals surface area contributed by atoms with E-state index in [2.05, 4.69) is 15.5 Å². The van der Waals surface area contributed by atoms with Gasteiger partial charge in [-0.1, -0.05) is 29.4 Å². The molecule has 0 aliphatic heterocycles. The molecular weight excluding hydrogens is 310 g/mol. The quantitative estimate of drug-likeness (QED) is 0.778. The van der Waals surface area contributed by atoms with Gasteiger partial charge >= 0.3 is 0 Å². The second-order valence-corrected chi connectivity index (χ2v) is 6.55. The van der Waals surface area contributed by atoms with E-state index in [1.165, 1.54) is 0 Å². The van der Waals surface area contributed by atoms with Crippen LogP contribution in [0.4, 0.5) is 5.69 Å². The first kappa shape index (κ1) is 15.4. The summed E-state index contributed by atoms with van der Waals surface area (Å²) in [6.07, 6.45) is 1.68. The molecule has 0 aliphatic carbocycles. The second-order valence-electron chi connectivity index (χ2n) is 5.17. The molecule has 1 aromatic heterocycles. The minimum Gasteiger partial charge on any atom is -0.381 e. The average Bonchev–Trinajstić information content (AvgIpc) is 3.00. The van der Waals surface area contributed by atoms with Crippen LogP contribution in [0.3, 0.4) is 0 Å². The lowest BCUT2D eigenvalue weighted by atomic mass is 10.1. The van der Waals surface area contributed by atoms with Crippen molar-refractivity contribution in [3.05, 3.63) is 60.0 Å². The van der Waals surface area contributed by atoms with Gasteiger partial charge in [-0.05, 0) is 29.8 Å². The number of rotatable bonds is 5. The largest absolute Gasteiger partial charge is 0.381 e. The van der Waals surface area contributed by atoms with Crippen LogP contribution in [0.5, 0.6) is 0 Å². The first-order valence-electron chi connectivity index (χ1n) is 7.19. The molecule has 5 nitrogen and oxygen atoms in total. The number of nitrogens with one attached hydrogen (secondary N) is 1. The van der Waals surface area contributed by atoms with Crippen molar-refractivity contribution in [3.63, 3.8) is 0 Å². The lowest BCUT2D eigenvalue weighted by Crippen LogP contribution is -2.00. The van der Waals surface area contributed by atoms with Crippen molar-refractivity contribution in [1.82, 2.24) is 10.1 Å². The van der Waals surface area contributed by atoms with Gasteiger partial charge in [0.15, 0.2) is 0 Å². The Bertz CT molecular complexity index is 828. The Morgan fingerprint density at radius 3 is 2.61 bits per heavy atom. The number of aryl methyl sites for hydroxylation is 1. The smallest absolute Gasteiger partial charge is 0.223 e. The first-order valence-corrected chi connectivity index (χ1v) is 8.74. The first-order chi connectivity index (χ1) is 11.1. The Hall–Kier alpha value is -2.47. The Balaban J connectivity index is 1.69. The average molecular weight is 327 g/mol. The van der Waals surface area contributed by atoms with E-state index in [1.54, 1.807) is 13.2 Å². The Kier molecular flexibility index (Phi) is 4.52. The summed E-state index contributed by atoms with van der Waals surface area (Å²) in [6.45, 7) is 2.46. The molecule has 3 aromatic rings. The van der Waals surface area contributed by atoms with Gasteiger partial charge in [-0.2, -0.15) is 4.98 Å². The lowest BCUT2D eigenvalue weighted by Gasteiger charge is -2.08. The maximum Gasteiger partial charge on any atom is 0.223 e. The van der Waals surface area contributed by atoms with Crippen molar-refractivity contribution < 1.29 is 8.73 Å². The van der Waals surface area contributed by atoms with E-state index >= 15 is 0 Å². The Morgan fingerprint density at radius 1 is 1.17 bits per heavy atom. The van der Waals surface area contributed by atoms with Gasteiger partial charge in [0.2, 0.25) is 11.7 Å². The van der Waals surface area contributed by atoms with Crippen LogP contribution in [-0.4, -0.2) is 20.6 Å². The van der Waals surface area contributed by atoms with Gasteiger partial charge in [0.25, 0.3) is 0 Å². The number of anilines is 1. The van der Waals surface area contributed by atoms with Crippen LogP contribution in [0, 0.1) is 6.92 Å². The van der Waals surface area contributed by atoms with Crippen LogP contribution in [-0.2, 0) is 17.3 Å². The predicted molar refractivity (Wildman–Crippen MR) is 90.6 cm³/mol. The zero-order valence-corrected chi connectivity index (χ0v) is 13.8. The summed E-state index contributed by atoms with van der Waals surface area (Å²) in [7, 11) is -0.943. The van der Waals surface area contributed by atoms with Crippen LogP contribution >= 0.6 is 0 Å². The number of aromatic nitrogens is 2. The molecule has 0 saturated carbocycles. The summed E-state index contributed by atoms with van der Waals surface area (Å²) in [5.74, 6) is 1.13. The van der Waals surface area contributed by atoms with Crippen LogP contribution in [0.1, 0.15) is 11.5 Å². The summed E-state index contributed by atoms with van der Waals surface area (Å²) in [5.41, 5.74) is 3.01. The topological polar surface area (TPSA) is 68.0 Å². The van der Waals surface area contributed by atoms with E-state index in [9.17, 15) is 4.21 Å². The fraction of sp³-hybridized carbons (Fsp3) is 0.176. The minimum atomic E-state index is -0.943. The molecule has 6 heteroatoms. The molecule has 0 saturated heterocycles. The normalized spacial score (nSPS) is 12.1. The van der Waals surface area contributed by atoms with Gasteiger partial charge in [-0.25, -0.2) is 0 Å². The van der Waals surface area contributed by atoms with Gasteiger partial charge in [0.05, 0.1) is 0 Å². The number of benzene rings is 2. The molecule has 0 radical (unpaired) electrons. The highest BCUT2D eigenvalue weighted by Crippen LogP contribution is 2.20. The number of hydrogen-bond acceptors (Lipinski definition) is 5. The molecule has 2 aromatic carbocycles. The van der Waals surface area contributed by atoms with Crippen LogP contribution < -0.4 is 5.32 Å². The molecule has 1 heterocycles. The summed E-state index contributed by atoms with van der Waals surface area (Å²) in [5, 5.41) is 7.29. The van der Waals surface area contributed by atoms with Gasteiger partial charge in [-0.15, -0.1) is 0 Å². The molecule has 0 unspecified atom stereocenters. The molecule has 0 spiro atoms. The van der Waals surface area contributed by atoms with Crippen molar-refractivity contribution in [2.24, 2.45) is 0 Å². The lowest BCUT2D eigenvalue weighted by molar-refractivity contribution is 0.394. The second kappa shape index (κ2) is 6.75. The van der Waals surface area contributed by atoms with E-state index in [0.717, 1.165) is 21.7 Å². The highest BCUT2D eigenvalue weighted by atomic mass is 32.2. The van der Waals surface area contributed by atoms with E-state index in [-0.39, 0.29) is 0 Å². The van der Waals surface area contributed by atoms with E-state index in [4.69, 9.17) is 4.52 Å². The van der Waals surface area contributed by atoms with E-state index in [1.807, 2.05) is 48.5 Å². The fourth-order valence-electron chi connectivity index (χ4n) is 2.19. The molecular formula is C17H17N3O2S. The molecule has 0 amide bonds. The van der Waals surface area contributed by atoms with Crippen molar-refractivity contribution in [2.75, 3.05) is 11.6 Å². The zero-order chi connectivity index (χ0) is 16.2. The Labute approximate surface area is 137 Å². The van der Waals surface area contributed by atoms with Crippen molar-refractivity contribution in [2.45, 2.75) is 18.4 Å². The van der Waals surface area contributed by atoms with Gasteiger partial charge < -0.3 is 9.84 Å². The maximum absolute atomic E-state index is 11.4. The van der Waals surface area contributed by atoms with Crippen molar-refractivity contribution in [3.8, 4) is 11.4 Å². The third-order valence-corrected chi connectivity index (χ3v) is 4.34. The van der Waals surface area contributed by atoms with Gasteiger partial charge in [0.1, 0.15) is 0 Å². The van der Waals surface area contributed by atoms with Crippen LogP contribution in [0.2, 0.25) is 0 Å². The maximum atomic E-state index is 11.4. The fourth-order valence-corrected chi connectivity index (χ4v) is 2.71. The molecule has 1 atom stereocenters. The summed E-state index contributed by atoms with van der Waals surface area (Å²) >= 11 is 0.